The Morgan fingerprint density at radius 3 is 2.60 bits per heavy atom. The Kier molecular flexibility index (Phi) is 3.98. The molecule has 2 rings (SSSR count). The van der Waals surface area contributed by atoms with E-state index in [0.717, 1.165) is 0 Å². The third-order valence-corrected chi connectivity index (χ3v) is 4.74. The van der Waals surface area contributed by atoms with Crippen LogP contribution in [0.5, 0.6) is 0 Å². The van der Waals surface area contributed by atoms with Gasteiger partial charge in [0.25, 0.3) is 0 Å². The maximum atomic E-state index is 12.4. The van der Waals surface area contributed by atoms with Gasteiger partial charge in [-0.2, -0.15) is 5.26 Å². The number of anilines is 1. The van der Waals surface area contributed by atoms with Crippen molar-refractivity contribution < 1.29 is 8.42 Å². The lowest BCUT2D eigenvalue weighted by atomic mass is 10.1. The third-order valence-electron chi connectivity index (χ3n) is 2.79. The normalized spacial score (nSPS) is 11.0. The molecule has 2 N–H and O–H groups in total. The van der Waals surface area contributed by atoms with Crippen LogP contribution in [0.4, 0.5) is 5.69 Å². The van der Waals surface area contributed by atoms with Crippen molar-refractivity contribution in [2.45, 2.75) is 10.6 Å². The molecule has 2 aromatic carbocycles. The molecule has 0 fully saturated rings. The SMILES string of the molecule is N#Cc1ccccc1CS(=O)(=O)c1cc(Cl)ccc1N. The van der Waals surface area contributed by atoms with E-state index in [-0.39, 0.29) is 16.3 Å². The third kappa shape index (κ3) is 2.93. The summed E-state index contributed by atoms with van der Waals surface area (Å²) >= 11 is 5.81. The van der Waals surface area contributed by atoms with Crippen molar-refractivity contribution in [2.75, 3.05) is 5.73 Å². The minimum atomic E-state index is -3.66. The van der Waals surface area contributed by atoms with Gasteiger partial charge in [0.15, 0.2) is 9.84 Å². The summed E-state index contributed by atoms with van der Waals surface area (Å²) in [6, 6.07) is 12.8. The monoisotopic (exact) mass is 306 g/mol. The molecular formula is C14H11ClN2O2S. The minimum Gasteiger partial charge on any atom is -0.398 e. The Hall–Kier alpha value is -2.03. The fourth-order valence-electron chi connectivity index (χ4n) is 1.82. The number of hydrogen-bond acceptors (Lipinski definition) is 4. The van der Waals surface area contributed by atoms with Gasteiger partial charge in [-0.3, -0.25) is 0 Å². The van der Waals surface area contributed by atoms with Crippen molar-refractivity contribution in [3.05, 3.63) is 58.6 Å². The Labute approximate surface area is 122 Å². The fourth-order valence-corrected chi connectivity index (χ4v) is 3.60. The molecule has 102 valence electrons. The molecule has 0 bridgehead atoms. The molecule has 0 saturated heterocycles. The highest BCUT2D eigenvalue weighted by Gasteiger charge is 2.20. The van der Waals surface area contributed by atoms with Gasteiger partial charge in [0, 0.05) is 5.02 Å². The lowest BCUT2D eigenvalue weighted by Crippen LogP contribution is -2.09. The number of hydrogen-bond donors (Lipinski definition) is 1. The van der Waals surface area contributed by atoms with Gasteiger partial charge in [-0.25, -0.2) is 8.42 Å². The van der Waals surface area contributed by atoms with E-state index in [0.29, 0.717) is 16.1 Å². The van der Waals surface area contributed by atoms with Crippen LogP contribution in [-0.2, 0) is 15.6 Å². The smallest absolute Gasteiger partial charge is 0.184 e. The molecular weight excluding hydrogens is 296 g/mol. The van der Waals surface area contributed by atoms with E-state index in [4.69, 9.17) is 22.6 Å². The Morgan fingerprint density at radius 2 is 1.90 bits per heavy atom. The highest BCUT2D eigenvalue weighted by molar-refractivity contribution is 7.90. The number of nitrogen functional groups attached to an aromatic ring is 1. The molecule has 0 unspecified atom stereocenters. The van der Waals surface area contributed by atoms with E-state index in [2.05, 4.69) is 0 Å². The number of halogens is 1. The fraction of sp³-hybridized carbons (Fsp3) is 0.0714. The van der Waals surface area contributed by atoms with Crippen LogP contribution in [0, 0.1) is 11.3 Å². The maximum Gasteiger partial charge on any atom is 0.184 e. The number of nitrogens with zero attached hydrogens (tertiary/aromatic N) is 1. The summed E-state index contributed by atoms with van der Waals surface area (Å²) in [5.41, 5.74) is 6.61. The highest BCUT2D eigenvalue weighted by atomic mass is 35.5. The first kappa shape index (κ1) is 14.4. The van der Waals surface area contributed by atoms with Gasteiger partial charge < -0.3 is 5.73 Å². The standard InChI is InChI=1S/C14H11ClN2O2S/c15-12-5-6-13(17)14(7-12)20(18,19)9-11-4-2-1-3-10(11)8-16/h1-7H,9,17H2. The first-order valence-electron chi connectivity index (χ1n) is 5.70. The number of rotatable bonds is 3. The first-order valence-corrected chi connectivity index (χ1v) is 7.73. The zero-order valence-electron chi connectivity index (χ0n) is 10.4. The molecule has 20 heavy (non-hydrogen) atoms. The second-order valence-electron chi connectivity index (χ2n) is 4.21. The van der Waals surface area contributed by atoms with Gasteiger partial charge in [0.1, 0.15) is 0 Å². The Bertz CT molecular complexity index is 795. The number of sulfone groups is 1. The average Bonchev–Trinajstić information content (AvgIpc) is 2.41. The first-order chi connectivity index (χ1) is 9.44. The predicted molar refractivity (Wildman–Crippen MR) is 77.9 cm³/mol. The quantitative estimate of drug-likeness (QED) is 0.884. The predicted octanol–water partition coefficient (Wildman–Crippen LogP) is 2.77. The molecule has 0 heterocycles. The molecule has 0 aliphatic rings. The van der Waals surface area contributed by atoms with Crippen molar-refractivity contribution in [1.82, 2.24) is 0 Å². The topological polar surface area (TPSA) is 84.0 Å². The summed E-state index contributed by atoms with van der Waals surface area (Å²) in [6.45, 7) is 0. The molecule has 0 aliphatic carbocycles. The van der Waals surface area contributed by atoms with E-state index < -0.39 is 9.84 Å². The summed E-state index contributed by atoms with van der Waals surface area (Å²) in [7, 11) is -3.66. The molecule has 4 nitrogen and oxygen atoms in total. The lowest BCUT2D eigenvalue weighted by Gasteiger charge is -2.09. The zero-order valence-corrected chi connectivity index (χ0v) is 11.9. The molecule has 0 radical (unpaired) electrons. The van der Waals surface area contributed by atoms with Gasteiger partial charge in [-0.05, 0) is 29.8 Å². The molecule has 0 amide bonds. The van der Waals surface area contributed by atoms with Crippen LogP contribution in [-0.4, -0.2) is 8.42 Å². The van der Waals surface area contributed by atoms with Crippen molar-refractivity contribution in [2.24, 2.45) is 0 Å². The van der Waals surface area contributed by atoms with Crippen LogP contribution in [0.15, 0.2) is 47.4 Å². The Morgan fingerprint density at radius 1 is 1.20 bits per heavy atom. The molecule has 0 aromatic heterocycles. The number of nitriles is 1. The second-order valence-corrected chi connectivity index (χ2v) is 6.60. The van der Waals surface area contributed by atoms with Crippen LogP contribution >= 0.6 is 11.6 Å². The van der Waals surface area contributed by atoms with Crippen LogP contribution < -0.4 is 5.73 Å². The van der Waals surface area contributed by atoms with Crippen molar-refractivity contribution in [3.63, 3.8) is 0 Å². The molecule has 0 atom stereocenters. The molecule has 2 aromatic rings. The van der Waals surface area contributed by atoms with Gasteiger partial charge in [-0.15, -0.1) is 0 Å². The minimum absolute atomic E-state index is 0.0160. The van der Waals surface area contributed by atoms with Crippen LogP contribution in [0.1, 0.15) is 11.1 Å². The molecule has 6 heteroatoms. The van der Waals surface area contributed by atoms with Crippen molar-refractivity contribution in [1.29, 1.82) is 5.26 Å². The van der Waals surface area contributed by atoms with E-state index in [9.17, 15) is 8.42 Å². The summed E-state index contributed by atoms with van der Waals surface area (Å²) in [5, 5.41) is 9.29. The lowest BCUT2D eigenvalue weighted by molar-refractivity contribution is 0.595. The van der Waals surface area contributed by atoms with Crippen molar-refractivity contribution in [3.8, 4) is 6.07 Å². The molecule has 0 spiro atoms. The molecule has 0 aliphatic heterocycles. The van der Waals surface area contributed by atoms with E-state index in [1.807, 2.05) is 6.07 Å². The second kappa shape index (κ2) is 5.53. The highest BCUT2D eigenvalue weighted by Crippen LogP contribution is 2.26. The number of benzene rings is 2. The van der Waals surface area contributed by atoms with Crippen LogP contribution in [0.25, 0.3) is 0 Å². The van der Waals surface area contributed by atoms with E-state index in [1.54, 1.807) is 24.3 Å². The van der Waals surface area contributed by atoms with Crippen molar-refractivity contribution >= 4 is 27.1 Å². The van der Waals surface area contributed by atoms with Gasteiger partial charge in [0.05, 0.1) is 28.0 Å². The van der Waals surface area contributed by atoms with Gasteiger partial charge >= 0.3 is 0 Å². The van der Waals surface area contributed by atoms with E-state index in [1.165, 1.54) is 18.2 Å². The average molecular weight is 307 g/mol. The Balaban J connectivity index is 2.47. The van der Waals surface area contributed by atoms with Gasteiger partial charge in [-0.1, -0.05) is 29.8 Å². The van der Waals surface area contributed by atoms with E-state index >= 15 is 0 Å². The van der Waals surface area contributed by atoms with Gasteiger partial charge in [0.2, 0.25) is 0 Å². The van der Waals surface area contributed by atoms with Crippen LogP contribution in [0.3, 0.4) is 0 Å². The maximum absolute atomic E-state index is 12.4. The summed E-state index contributed by atoms with van der Waals surface area (Å²) < 4.78 is 24.8. The van der Waals surface area contributed by atoms with Crippen LogP contribution in [0.2, 0.25) is 5.02 Å². The zero-order chi connectivity index (χ0) is 14.8. The number of nitrogens with two attached hydrogens (primary N) is 1. The summed E-state index contributed by atoms with van der Waals surface area (Å²) in [5.74, 6) is -0.290. The largest absolute Gasteiger partial charge is 0.398 e. The summed E-state index contributed by atoms with van der Waals surface area (Å²) in [6.07, 6.45) is 0. The summed E-state index contributed by atoms with van der Waals surface area (Å²) in [4.78, 5) is -0.0160. The molecule has 0 saturated carbocycles.